The van der Waals surface area contributed by atoms with Crippen LogP contribution < -0.4 is 5.32 Å². The summed E-state index contributed by atoms with van der Waals surface area (Å²) in [5, 5.41) is 3.34. The number of piperidine rings is 1. The number of nitrogens with zero attached hydrogens (tertiary/aromatic N) is 1. The van der Waals surface area contributed by atoms with Crippen molar-refractivity contribution >= 4 is 18.3 Å². The predicted molar refractivity (Wildman–Crippen MR) is 76.1 cm³/mol. The Balaban J connectivity index is 0.00000162. The molecule has 1 atom stereocenters. The van der Waals surface area contributed by atoms with Crippen LogP contribution in [0.15, 0.2) is 30.3 Å². The molecule has 0 bridgehead atoms. The van der Waals surface area contributed by atoms with E-state index in [2.05, 4.69) is 5.32 Å². The molecule has 0 spiro atoms. The maximum Gasteiger partial charge on any atom is 0.227 e. The monoisotopic (exact) mass is 268 g/mol. The third-order valence-corrected chi connectivity index (χ3v) is 3.41. The van der Waals surface area contributed by atoms with Gasteiger partial charge >= 0.3 is 0 Å². The molecular formula is C14H21ClN2O. The van der Waals surface area contributed by atoms with Gasteiger partial charge in [-0.15, -0.1) is 12.4 Å². The molecular weight excluding hydrogens is 248 g/mol. The highest BCUT2D eigenvalue weighted by molar-refractivity contribution is 5.85. The second-order valence-corrected chi connectivity index (χ2v) is 4.67. The molecule has 3 nitrogen and oxygen atoms in total. The Labute approximate surface area is 115 Å². The Hall–Kier alpha value is -1.06. The minimum absolute atomic E-state index is 0. The first-order valence-electron chi connectivity index (χ1n) is 6.27. The van der Waals surface area contributed by atoms with E-state index in [1.165, 1.54) is 0 Å². The molecule has 1 N–H and O–H groups in total. The van der Waals surface area contributed by atoms with Crippen molar-refractivity contribution in [2.45, 2.75) is 25.3 Å². The number of benzene rings is 1. The van der Waals surface area contributed by atoms with Gasteiger partial charge in [-0.05, 0) is 24.9 Å². The van der Waals surface area contributed by atoms with Crippen LogP contribution in [0.3, 0.4) is 0 Å². The Morgan fingerprint density at radius 2 is 2.11 bits per heavy atom. The summed E-state index contributed by atoms with van der Waals surface area (Å²) in [6.45, 7) is 2.01. The van der Waals surface area contributed by atoms with Crippen LogP contribution in [0.5, 0.6) is 0 Å². The normalized spacial score (nSPS) is 18.8. The maximum absolute atomic E-state index is 12.1. The van der Waals surface area contributed by atoms with Gasteiger partial charge in [0.25, 0.3) is 0 Å². The molecule has 2 rings (SSSR count). The molecule has 18 heavy (non-hydrogen) atoms. The summed E-state index contributed by atoms with van der Waals surface area (Å²) >= 11 is 0. The molecule has 1 saturated heterocycles. The van der Waals surface area contributed by atoms with Gasteiger partial charge in [-0.3, -0.25) is 4.79 Å². The zero-order valence-electron chi connectivity index (χ0n) is 10.8. The highest BCUT2D eigenvalue weighted by Crippen LogP contribution is 2.10. The molecule has 1 amide bonds. The van der Waals surface area contributed by atoms with Crippen LogP contribution in [0.2, 0.25) is 0 Å². The molecule has 0 unspecified atom stereocenters. The van der Waals surface area contributed by atoms with Crippen molar-refractivity contribution in [3.8, 4) is 0 Å². The van der Waals surface area contributed by atoms with Crippen molar-refractivity contribution in [2.24, 2.45) is 0 Å². The summed E-state index contributed by atoms with van der Waals surface area (Å²) in [6.07, 6.45) is 2.78. The van der Waals surface area contributed by atoms with Crippen LogP contribution in [-0.4, -0.2) is 37.0 Å². The number of rotatable bonds is 3. The summed E-state index contributed by atoms with van der Waals surface area (Å²) in [4.78, 5) is 14.0. The van der Waals surface area contributed by atoms with Gasteiger partial charge in [-0.2, -0.15) is 0 Å². The van der Waals surface area contributed by atoms with Crippen LogP contribution in [0.1, 0.15) is 18.4 Å². The summed E-state index contributed by atoms with van der Waals surface area (Å²) < 4.78 is 0. The molecule has 4 heteroatoms. The summed E-state index contributed by atoms with van der Waals surface area (Å²) in [5.74, 6) is 0.213. The van der Waals surface area contributed by atoms with E-state index in [4.69, 9.17) is 0 Å². The van der Waals surface area contributed by atoms with E-state index in [0.717, 1.165) is 31.5 Å². The van der Waals surface area contributed by atoms with Crippen LogP contribution in [-0.2, 0) is 11.2 Å². The van der Waals surface area contributed by atoms with Gasteiger partial charge in [0.1, 0.15) is 0 Å². The maximum atomic E-state index is 12.1. The van der Waals surface area contributed by atoms with Crippen molar-refractivity contribution in [1.29, 1.82) is 0 Å². The Kier molecular flexibility index (Phi) is 6.16. The van der Waals surface area contributed by atoms with Gasteiger partial charge < -0.3 is 10.2 Å². The number of nitrogens with one attached hydrogen (secondary N) is 1. The zero-order chi connectivity index (χ0) is 12.1. The number of halogens is 1. The predicted octanol–water partition coefficient (Wildman–Crippen LogP) is 1.86. The zero-order valence-corrected chi connectivity index (χ0v) is 11.6. The second kappa shape index (κ2) is 7.39. The smallest absolute Gasteiger partial charge is 0.227 e. The third kappa shape index (κ3) is 4.00. The summed E-state index contributed by atoms with van der Waals surface area (Å²) in [7, 11) is 1.92. The van der Waals surface area contributed by atoms with Gasteiger partial charge in [0.05, 0.1) is 6.42 Å². The SMILES string of the molecule is CN(C(=O)Cc1ccccc1)[C@@H]1CCCNC1.Cl. The molecule has 1 aliphatic heterocycles. The molecule has 1 heterocycles. The molecule has 1 aliphatic rings. The Bertz CT molecular complexity index is 363. The van der Waals surface area contributed by atoms with E-state index >= 15 is 0 Å². The number of likely N-dealkylation sites (N-methyl/N-ethyl adjacent to an activating group) is 1. The van der Waals surface area contributed by atoms with E-state index < -0.39 is 0 Å². The molecule has 0 aliphatic carbocycles. The first-order valence-corrected chi connectivity index (χ1v) is 6.27. The first-order chi connectivity index (χ1) is 8.27. The molecule has 1 aromatic carbocycles. The summed E-state index contributed by atoms with van der Waals surface area (Å²) in [6, 6.07) is 10.3. The molecule has 0 aromatic heterocycles. The van der Waals surface area contributed by atoms with Crippen LogP contribution >= 0.6 is 12.4 Å². The first kappa shape index (κ1) is 15.0. The number of hydrogen-bond acceptors (Lipinski definition) is 2. The summed E-state index contributed by atoms with van der Waals surface area (Å²) in [5.41, 5.74) is 1.09. The van der Waals surface area contributed by atoms with Crippen molar-refractivity contribution in [2.75, 3.05) is 20.1 Å². The molecule has 1 aromatic rings. The lowest BCUT2D eigenvalue weighted by Gasteiger charge is -2.31. The lowest BCUT2D eigenvalue weighted by atomic mass is 10.1. The van der Waals surface area contributed by atoms with Gasteiger partial charge in [-0.1, -0.05) is 30.3 Å². The number of carbonyl (C=O) groups excluding carboxylic acids is 1. The van der Waals surface area contributed by atoms with E-state index in [-0.39, 0.29) is 18.3 Å². The number of carbonyl (C=O) groups is 1. The topological polar surface area (TPSA) is 32.3 Å². The van der Waals surface area contributed by atoms with Crippen LogP contribution in [0, 0.1) is 0 Å². The Morgan fingerprint density at radius 1 is 1.39 bits per heavy atom. The van der Waals surface area contributed by atoms with E-state index in [0.29, 0.717) is 12.5 Å². The lowest BCUT2D eigenvalue weighted by molar-refractivity contribution is -0.131. The van der Waals surface area contributed by atoms with Crippen molar-refractivity contribution < 1.29 is 4.79 Å². The van der Waals surface area contributed by atoms with Crippen molar-refractivity contribution in [3.05, 3.63) is 35.9 Å². The minimum atomic E-state index is 0. The van der Waals surface area contributed by atoms with E-state index in [1.54, 1.807) is 0 Å². The van der Waals surface area contributed by atoms with E-state index in [1.807, 2.05) is 42.3 Å². The quantitative estimate of drug-likeness (QED) is 0.908. The van der Waals surface area contributed by atoms with Gasteiger partial charge in [0.15, 0.2) is 0 Å². The van der Waals surface area contributed by atoms with Crippen molar-refractivity contribution in [3.63, 3.8) is 0 Å². The van der Waals surface area contributed by atoms with Gasteiger partial charge in [0, 0.05) is 19.6 Å². The fourth-order valence-corrected chi connectivity index (χ4v) is 2.26. The largest absolute Gasteiger partial charge is 0.341 e. The standard InChI is InChI=1S/C14H20N2O.ClH/c1-16(13-8-5-9-15-11-13)14(17)10-12-6-3-2-4-7-12;/h2-4,6-7,13,15H,5,8-11H2,1H3;1H/t13-;/m1./s1. The Morgan fingerprint density at radius 3 is 2.72 bits per heavy atom. The van der Waals surface area contributed by atoms with Crippen LogP contribution in [0.25, 0.3) is 0 Å². The fraction of sp³-hybridized carbons (Fsp3) is 0.500. The van der Waals surface area contributed by atoms with Crippen LogP contribution in [0.4, 0.5) is 0 Å². The fourth-order valence-electron chi connectivity index (χ4n) is 2.26. The third-order valence-electron chi connectivity index (χ3n) is 3.41. The average molecular weight is 269 g/mol. The average Bonchev–Trinajstić information content (AvgIpc) is 2.40. The van der Waals surface area contributed by atoms with Gasteiger partial charge in [0.2, 0.25) is 5.91 Å². The second-order valence-electron chi connectivity index (χ2n) is 4.67. The number of hydrogen-bond donors (Lipinski definition) is 1. The lowest BCUT2D eigenvalue weighted by Crippen LogP contribution is -2.47. The van der Waals surface area contributed by atoms with E-state index in [9.17, 15) is 4.79 Å². The van der Waals surface area contributed by atoms with Gasteiger partial charge in [-0.25, -0.2) is 0 Å². The molecule has 0 saturated carbocycles. The van der Waals surface area contributed by atoms with Crippen molar-refractivity contribution in [1.82, 2.24) is 10.2 Å². The highest BCUT2D eigenvalue weighted by atomic mass is 35.5. The number of amides is 1. The minimum Gasteiger partial charge on any atom is -0.341 e. The molecule has 0 radical (unpaired) electrons. The molecule has 100 valence electrons. The molecule has 1 fully saturated rings. The highest BCUT2D eigenvalue weighted by Gasteiger charge is 2.21.